The van der Waals surface area contributed by atoms with Crippen LogP contribution in [0.25, 0.3) is 0 Å². The van der Waals surface area contributed by atoms with Crippen molar-refractivity contribution in [2.24, 2.45) is 0 Å². The molecule has 2 heteroatoms. The maximum absolute atomic E-state index is 9.82. The Morgan fingerprint density at radius 3 is 2.57 bits per heavy atom. The van der Waals surface area contributed by atoms with Crippen LogP contribution in [0.15, 0.2) is 11.6 Å². The summed E-state index contributed by atoms with van der Waals surface area (Å²) in [6.45, 7) is 6.59. The van der Waals surface area contributed by atoms with Gasteiger partial charge in [-0.2, -0.15) is 0 Å². The van der Waals surface area contributed by atoms with Crippen molar-refractivity contribution in [3.63, 3.8) is 0 Å². The van der Waals surface area contributed by atoms with Crippen molar-refractivity contribution in [1.82, 2.24) is 0 Å². The molecule has 0 aromatic rings. The Morgan fingerprint density at radius 1 is 1.36 bits per heavy atom. The highest BCUT2D eigenvalue weighted by Crippen LogP contribution is 2.19. The molecule has 1 aliphatic carbocycles. The minimum Gasteiger partial charge on any atom is -0.376 e. The van der Waals surface area contributed by atoms with E-state index in [0.717, 1.165) is 18.4 Å². The molecule has 0 aromatic heterocycles. The third-order valence-corrected chi connectivity index (χ3v) is 3.16. The monoisotopic (exact) mass is 208 g/mol. The number of aliphatic hydroxyl groups is 1. The SMILES string of the molecule is C[Si](C)(C)C#C[C@@H](O)C1=CCCCC1. The van der Waals surface area contributed by atoms with E-state index in [-0.39, 0.29) is 0 Å². The van der Waals surface area contributed by atoms with Crippen LogP contribution in [0.5, 0.6) is 0 Å². The third-order valence-electron chi connectivity index (χ3n) is 2.26. The van der Waals surface area contributed by atoms with Crippen LogP contribution in [0.1, 0.15) is 25.7 Å². The van der Waals surface area contributed by atoms with E-state index >= 15 is 0 Å². The first-order valence-electron chi connectivity index (χ1n) is 5.39. The molecule has 1 N–H and O–H groups in total. The summed E-state index contributed by atoms with van der Waals surface area (Å²) in [6.07, 6.45) is 6.27. The fourth-order valence-electron chi connectivity index (χ4n) is 1.49. The van der Waals surface area contributed by atoms with Crippen molar-refractivity contribution < 1.29 is 5.11 Å². The molecule has 0 aromatic carbocycles. The van der Waals surface area contributed by atoms with Crippen LogP contribution in [-0.2, 0) is 0 Å². The summed E-state index contributed by atoms with van der Waals surface area (Å²) in [5.41, 5.74) is 4.36. The first-order valence-corrected chi connectivity index (χ1v) is 8.89. The Hall–Kier alpha value is -0.523. The lowest BCUT2D eigenvalue weighted by Gasteiger charge is -2.14. The van der Waals surface area contributed by atoms with Crippen LogP contribution in [0.2, 0.25) is 19.6 Å². The zero-order chi connectivity index (χ0) is 10.6. The third kappa shape index (κ3) is 4.12. The average Bonchev–Trinajstić information content (AvgIpc) is 2.14. The molecule has 0 saturated carbocycles. The van der Waals surface area contributed by atoms with Gasteiger partial charge in [0.15, 0.2) is 0 Å². The van der Waals surface area contributed by atoms with Crippen molar-refractivity contribution in [2.75, 3.05) is 0 Å². The first kappa shape index (κ1) is 11.6. The highest BCUT2D eigenvalue weighted by atomic mass is 28.3. The van der Waals surface area contributed by atoms with Gasteiger partial charge in [0.25, 0.3) is 0 Å². The van der Waals surface area contributed by atoms with Gasteiger partial charge in [-0.05, 0) is 31.3 Å². The van der Waals surface area contributed by atoms with Crippen LogP contribution >= 0.6 is 0 Å². The van der Waals surface area contributed by atoms with Crippen LogP contribution in [-0.4, -0.2) is 19.3 Å². The van der Waals surface area contributed by atoms with E-state index in [2.05, 4.69) is 37.2 Å². The van der Waals surface area contributed by atoms with Crippen LogP contribution in [0, 0.1) is 11.5 Å². The highest BCUT2D eigenvalue weighted by Gasteiger charge is 2.12. The lowest BCUT2D eigenvalue weighted by Crippen LogP contribution is -2.18. The minimum atomic E-state index is -1.33. The summed E-state index contributed by atoms with van der Waals surface area (Å²) in [5.74, 6) is 2.99. The number of hydrogen-bond donors (Lipinski definition) is 1. The van der Waals surface area contributed by atoms with Gasteiger partial charge in [-0.3, -0.25) is 0 Å². The Kier molecular flexibility index (Phi) is 3.97. The number of rotatable bonds is 1. The van der Waals surface area contributed by atoms with E-state index in [9.17, 15) is 5.11 Å². The van der Waals surface area contributed by atoms with E-state index in [0.29, 0.717) is 0 Å². The van der Waals surface area contributed by atoms with E-state index in [4.69, 9.17) is 0 Å². The van der Waals surface area contributed by atoms with Crippen molar-refractivity contribution in [3.05, 3.63) is 11.6 Å². The van der Waals surface area contributed by atoms with Gasteiger partial charge in [-0.15, -0.1) is 5.54 Å². The van der Waals surface area contributed by atoms with E-state index < -0.39 is 14.2 Å². The first-order chi connectivity index (χ1) is 6.49. The van der Waals surface area contributed by atoms with Crippen molar-refractivity contribution in [1.29, 1.82) is 0 Å². The summed E-state index contributed by atoms with van der Waals surface area (Å²) in [7, 11) is -1.33. The van der Waals surface area contributed by atoms with E-state index in [1.54, 1.807) is 0 Å². The molecule has 1 nitrogen and oxygen atoms in total. The smallest absolute Gasteiger partial charge is 0.135 e. The van der Waals surface area contributed by atoms with Crippen molar-refractivity contribution in [2.45, 2.75) is 51.4 Å². The normalized spacial score (nSPS) is 19.3. The van der Waals surface area contributed by atoms with E-state index in [1.165, 1.54) is 12.8 Å². The zero-order valence-electron chi connectivity index (χ0n) is 9.43. The maximum Gasteiger partial charge on any atom is 0.135 e. The molecule has 0 aliphatic heterocycles. The van der Waals surface area contributed by atoms with Gasteiger partial charge in [0, 0.05) is 0 Å². The molecule has 0 heterocycles. The van der Waals surface area contributed by atoms with Gasteiger partial charge in [0.1, 0.15) is 14.2 Å². The van der Waals surface area contributed by atoms with Crippen LogP contribution < -0.4 is 0 Å². The average molecular weight is 208 g/mol. The molecule has 0 radical (unpaired) electrons. The Balaban J connectivity index is 2.60. The van der Waals surface area contributed by atoms with Gasteiger partial charge in [0.05, 0.1) is 0 Å². The fraction of sp³-hybridized carbons (Fsp3) is 0.667. The molecule has 78 valence electrons. The summed E-state index contributed by atoms with van der Waals surface area (Å²) in [6, 6.07) is 0. The molecular weight excluding hydrogens is 188 g/mol. The quantitative estimate of drug-likeness (QED) is 0.399. The standard InChI is InChI=1S/C12H20OSi/c1-14(2,3)10-9-12(13)11-7-5-4-6-8-11/h7,12-13H,4-6,8H2,1-3H3/t12-/m1/s1. The second-order valence-electron chi connectivity index (χ2n) is 4.95. The Morgan fingerprint density at radius 2 is 2.07 bits per heavy atom. The summed E-state index contributed by atoms with van der Waals surface area (Å²) in [4.78, 5) is 0. The number of allylic oxidation sites excluding steroid dienone is 1. The maximum atomic E-state index is 9.82. The molecule has 1 aliphatic rings. The van der Waals surface area contributed by atoms with Crippen LogP contribution in [0.4, 0.5) is 0 Å². The highest BCUT2D eigenvalue weighted by molar-refractivity contribution is 6.83. The molecule has 0 spiro atoms. The molecule has 0 amide bonds. The lowest BCUT2D eigenvalue weighted by atomic mass is 9.96. The molecule has 0 bridgehead atoms. The van der Waals surface area contributed by atoms with Gasteiger partial charge >= 0.3 is 0 Å². The molecule has 14 heavy (non-hydrogen) atoms. The lowest BCUT2D eigenvalue weighted by molar-refractivity contribution is 0.260. The fourth-order valence-corrected chi connectivity index (χ4v) is 2.06. The Bertz CT molecular complexity index is 275. The van der Waals surface area contributed by atoms with Crippen molar-refractivity contribution in [3.8, 4) is 11.5 Å². The Labute approximate surface area is 88.2 Å². The van der Waals surface area contributed by atoms with E-state index in [1.807, 2.05) is 0 Å². The van der Waals surface area contributed by atoms with Gasteiger partial charge < -0.3 is 5.11 Å². The second kappa shape index (κ2) is 4.81. The number of aliphatic hydroxyl groups excluding tert-OH is 1. The molecule has 1 atom stereocenters. The molecular formula is C12H20OSi. The van der Waals surface area contributed by atoms with Gasteiger partial charge in [0.2, 0.25) is 0 Å². The molecule has 0 saturated heterocycles. The van der Waals surface area contributed by atoms with Crippen molar-refractivity contribution >= 4 is 8.07 Å². The molecule has 0 unspecified atom stereocenters. The minimum absolute atomic E-state index is 0.498. The summed E-state index contributed by atoms with van der Waals surface area (Å²) in [5, 5.41) is 9.82. The number of hydrogen-bond acceptors (Lipinski definition) is 1. The summed E-state index contributed by atoms with van der Waals surface area (Å²) >= 11 is 0. The van der Waals surface area contributed by atoms with Gasteiger partial charge in [-0.1, -0.05) is 31.6 Å². The topological polar surface area (TPSA) is 20.2 Å². The van der Waals surface area contributed by atoms with Crippen LogP contribution in [0.3, 0.4) is 0 Å². The zero-order valence-corrected chi connectivity index (χ0v) is 10.4. The predicted molar refractivity (Wildman–Crippen MR) is 63.7 cm³/mol. The predicted octanol–water partition coefficient (Wildman–Crippen LogP) is 2.73. The summed E-state index contributed by atoms with van der Waals surface area (Å²) < 4.78 is 0. The van der Waals surface area contributed by atoms with Gasteiger partial charge in [-0.25, -0.2) is 0 Å². The molecule has 0 fully saturated rings. The molecule has 1 rings (SSSR count). The second-order valence-corrected chi connectivity index (χ2v) is 9.70. The largest absolute Gasteiger partial charge is 0.376 e.